The number of furan rings is 1. The van der Waals surface area contributed by atoms with Crippen molar-refractivity contribution in [1.82, 2.24) is 29.9 Å². The van der Waals surface area contributed by atoms with Crippen LogP contribution in [0.15, 0.2) is 186 Å². The Labute approximate surface area is 316 Å². The maximum atomic E-state index is 6.62. The molecule has 0 unspecified atom stereocenters. The Bertz CT molecular complexity index is 2850. The summed E-state index contributed by atoms with van der Waals surface area (Å²) in [5.41, 5.74) is 8.58. The summed E-state index contributed by atoms with van der Waals surface area (Å²) in [5.74, 6) is 3.42. The Morgan fingerprint density at radius 1 is 0.273 bits per heavy atom. The number of rotatable bonds is 7. The summed E-state index contributed by atoms with van der Waals surface area (Å²) in [7, 11) is 0. The molecule has 3 aromatic heterocycles. The van der Waals surface area contributed by atoms with Gasteiger partial charge in [-0.2, -0.15) is 0 Å². The number of fused-ring (bicyclic) bond motifs is 3. The van der Waals surface area contributed by atoms with Crippen LogP contribution in [0.1, 0.15) is 0 Å². The average molecular weight is 707 g/mol. The van der Waals surface area contributed by atoms with Crippen LogP contribution in [-0.2, 0) is 0 Å². The van der Waals surface area contributed by atoms with Gasteiger partial charge in [-0.25, -0.2) is 29.9 Å². The number of hydrogen-bond donors (Lipinski definition) is 0. The van der Waals surface area contributed by atoms with Crippen molar-refractivity contribution in [3.8, 4) is 79.5 Å². The predicted octanol–water partition coefficient (Wildman–Crippen LogP) is 11.6. The number of benzene rings is 7. The molecule has 7 heteroatoms. The first-order valence-corrected chi connectivity index (χ1v) is 18.0. The summed E-state index contributed by atoms with van der Waals surface area (Å²) in [6, 6.07) is 60.6. The molecule has 0 aliphatic rings. The Kier molecular flexibility index (Phi) is 8.00. The van der Waals surface area contributed by atoms with Gasteiger partial charge in [0.05, 0.1) is 0 Å². The van der Waals surface area contributed by atoms with Crippen LogP contribution >= 0.6 is 0 Å². The molecule has 0 aliphatic heterocycles. The summed E-state index contributed by atoms with van der Waals surface area (Å²) in [6.07, 6.45) is 0. The van der Waals surface area contributed by atoms with E-state index in [1.54, 1.807) is 0 Å². The van der Waals surface area contributed by atoms with Crippen molar-refractivity contribution in [1.29, 1.82) is 0 Å². The summed E-state index contributed by atoms with van der Waals surface area (Å²) >= 11 is 0. The largest absolute Gasteiger partial charge is 0.455 e. The van der Waals surface area contributed by atoms with Gasteiger partial charge in [0.25, 0.3) is 0 Å². The minimum atomic E-state index is 0.535. The summed E-state index contributed by atoms with van der Waals surface area (Å²) < 4.78 is 6.62. The molecule has 7 aromatic carbocycles. The van der Waals surface area contributed by atoms with Crippen molar-refractivity contribution in [2.45, 2.75) is 0 Å². The number of nitrogens with zero attached hydrogens (tertiary/aromatic N) is 6. The second kappa shape index (κ2) is 13.7. The maximum Gasteiger partial charge on any atom is 0.164 e. The molecule has 10 rings (SSSR count). The Hall–Kier alpha value is -7.64. The van der Waals surface area contributed by atoms with E-state index in [1.165, 1.54) is 0 Å². The molecule has 0 aliphatic carbocycles. The summed E-state index contributed by atoms with van der Waals surface area (Å²) in [6.45, 7) is 0. The van der Waals surface area contributed by atoms with E-state index in [2.05, 4.69) is 36.4 Å². The van der Waals surface area contributed by atoms with Crippen LogP contribution in [0.25, 0.3) is 101 Å². The first-order chi connectivity index (χ1) is 27.2. The smallest absolute Gasteiger partial charge is 0.164 e. The number of para-hydroxylation sites is 2. The molecule has 55 heavy (non-hydrogen) atoms. The third-order valence-corrected chi connectivity index (χ3v) is 9.61. The van der Waals surface area contributed by atoms with E-state index >= 15 is 0 Å². The van der Waals surface area contributed by atoms with Crippen molar-refractivity contribution >= 4 is 21.9 Å². The van der Waals surface area contributed by atoms with Crippen LogP contribution in [-0.4, -0.2) is 29.9 Å². The maximum absolute atomic E-state index is 6.62. The van der Waals surface area contributed by atoms with Gasteiger partial charge in [-0.3, -0.25) is 0 Å². The van der Waals surface area contributed by atoms with E-state index in [0.717, 1.165) is 66.4 Å². The predicted molar refractivity (Wildman–Crippen MR) is 219 cm³/mol. The zero-order valence-corrected chi connectivity index (χ0v) is 29.4. The molecule has 0 bridgehead atoms. The number of aromatic nitrogens is 6. The van der Waals surface area contributed by atoms with E-state index < -0.39 is 0 Å². The second-order valence-corrected chi connectivity index (χ2v) is 13.1. The average Bonchev–Trinajstić information content (AvgIpc) is 3.66. The van der Waals surface area contributed by atoms with E-state index in [-0.39, 0.29) is 0 Å². The van der Waals surface area contributed by atoms with Crippen molar-refractivity contribution in [3.63, 3.8) is 0 Å². The monoisotopic (exact) mass is 706 g/mol. The van der Waals surface area contributed by atoms with Crippen LogP contribution in [0.3, 0.4) is 0 Å². The van der Waals surface area contributed by atoms with Gasteiger partial charge in [-0.05, 0) is 23.8 Å². The Morgan fingerprint density at radius 3 is 1.20 bits per heavy atom. The van der Waals surface area contributed by atoms with Gasteiger partial charge < -0.3 is 4.42 Å². The lowest BCUT2D eigenvalue weighted by molar-refractivity contribution is 0.670. The molecule has 10 aromatic rings. The van der Waals surface area contributed by atoms with Crippen molar-refractivity contribution < 1.29 is 4.42 Å². The zero-order valence-electron chi connectivity index (χ0n) is 29.4. The highest BCUT2D eigenvalue weighted by Gasteiger charge is 2.21. The van der Waals surface area contributed by atoms with Gasteiger partial charge in [0, 0.05) is 49.7 Å². The van der Waals surface area contributed by atoms with E-state index in [4.69, 9.17) is 34.3 Å². The quantitative estimate of drug-likeness (QED) is 0.163. The second-order valence-electron chi connectivity index (χ2n) is 13.1. The third kappa shape index (κ3) is 6.09. The molecule has 0 spiro atoms. The molecule has 3 heterocycles. The molecule has 7 nitrogen and oxygen atoms in total. The minimum absolute atomic E-state index is 0.535. The van der Waals surface area contributed by atoms with E-state index in [0.29, 0.717) is 34.9 Å². The standard InChI is InChI=1S/C48H30N6O/c1-5-16-31(17-6-1)43-49-44(32-18-7-2-8-19-32)52-47(51-43)35-28-29-39(40(30-35)38-26-15-25-37-36-24-13-14-27-41(36)55-42(37)38)48-53-45(33-20-9-3-10-21-33)50-46(54-48)34-22-11-4-12-23-34/h1-30H. The fourth-order valence-electron chi connectivity index (χ4n) is 6.93. The fraction of sp³-hybridized carbons (Fsp3) is 0. The van der Waals surface area contributed by atoms with Gasteiger partial charge in [0.1, 0.15) is 11.2 Å². The minimum Gasteiger partial charge on any atom is -0.455 e. The van der Waals surface area contributed by atoms with Crippen LogP contribution in [0.5, 0.6) is 0 Å². The first kappa shape index (κ1) is 32.0. The number of hydrogen-bond acceptors (Lipinski definition) is 7. The molecular weight excluding hydrogens is 677 g/mol. The lowest BCUT2D eigenvalue weighted by Crippen LogP contribution is -2.02. The molecule has 0 saturated carbocycles. The van der Waals surface area contributed by atoms with Gasteiger partial charge in [0.2, 0.25) is 0 Å². The zero-order chi connectivity index (χ0) is 36.6. The Balaban J connectivity index is 1.24. The molecule has 0 fully saturated rings. The summed E-state index contributed by atoms with van der Waals surface area (Å²) in [5, 5.41) is 2.07. The summed E-state index contributed by atoms with van der Waals surface area (Å²) in [4.78, 5) is 30.2. The van der Waals surface area contributed by atoms with Crippen LogP contribution in [0.2, 0.25) is 0 Å². The highest BCUT2D eigenvalue weighted by atomic mass is 16.3. The van der Waals surface area contributed by atoms with E-state index in [9.17, 15) is 0 Å². The fourth-order valence-corrected chi connectivity index (χ4v) is 6.93. The van der Waals surface area contributed by atoms with Gasteiger partial charge in [-0.15, -0.1) is 0 Å². The van der Waals surface area contributed by atoms with Gasteiger partial charge in [-0.1, -0.05) is 164 Å². The molecule has 0 N–H and O–H groups in total. The van der Waals surface area contributed by atoms with Crippen molar-refractivity contribution in [3.05, 3.63) is 182 Å². The Morgan fingerprint density at radius 2 is 0.691 bits per heavy atom. The van der Waals surface area contributed by atoms with E-state index in [1.807, 2.05) is 146 Å². The SMILES string of the molecule is c1ccc(-c2nc(-c3ccccc3)nc(-c3ccc(-c4nc(-c5ccccc5)nc(-c5ccccc5)n4)c(-c4cccc5c4oc4ccccc45)c3)n2)cc1. The molecular formula is C48H30N6O. The van der Waals surface area contributed by atoms with Crippen molar-refractivity contribution in [2.24, 2.45) is 0 Å². The topological polar surface area (TPSA) is 90.5 Å². The van der Waals surface area contributed by atoms with Crippen molar-refractivity contribution in [2.75, 3.05) is 0 Å². The van der Waals surface area contributed by atoms with Crippen LogP contribution in [0.4, 0.5) is 0 Å². The van der Waals surface area contributed by atoms with Gasteiger partial charge in [0.15, 0.2) is 34.9 Å². The third-order valence-electron chi connectivity index (χ3n) is 9.61. The highest BCUT2D eigenvalue weighted by Crippen LogP contribution is 2.41. The first-order valence-electron chi connectivity index (χ1n) is 18.0. The molecule has 0 radical (unpaired) electrons. The lowest BCUT2D eigenvalue weighted by atomic mass is 9.94. The normalized spacial score (nSPS) is 11.3. The molecule has 258 valence electrons. The van der Waals surface area contributed by atoms with Crippen LogP contribution in [0, 0.1) is 0 Å². The molecule has 0 amide bonds. The lowest BCUT2D eigenvalue weighted by Gasteiger charge is -2.14. The van der Waals surface area contributed by atoms with Gasteiger partial charge >= 0.3 is 0 Å². The highest BCUT2D eigenvalue weighted by molar-refractivity contribution is 6.10. The molecule has 0 atom stereocenters. The molecule has 0 saturated heterocycles. The van der Waals surface area contributed by atoms with Crippen LogP contribution < -0.4 is 0 Å².